The summed E-state index contributed by atoms with van der Waals surface area (Å²) in [4.78, 5) is 35.8. The van der Waals surface area contributed by atoms with E-state index in [1.54, 1.807) is 0 Å². The summed E-state index contributed by atoms with van der Waals surface area (Å²) in [5, 5.41) is 0. The van der Waals surface area contributed by atoms with Crippen LogP contribution in [0.4, 0.5) is 0 Å². The number of carbonyl (C=O) groups is 2. The highest BCUT2D eigenvalue weighted by molar-refractivity contribution is 7.47. The van der Waals surface area contributed by atoms with E-state index >= 15 is 0 Å². The molecule has 0 saturated heterocycles. The Morgan fingerprint density at radius 2 is 0.713 bits per heavy atom. The van der Waals surface area contributed by atoms with Gasteiger partial charge in [0.05, 0.1) is 27.7 Å². The molecule has 80 heavy (non-hydrogen) atoms. The minimum absolute atomic E-state index is 0.0157. The molecule has 2 atom stereocenters. The van der Waals surface area contributed by atoms with Crippen LogP contribution in [0.5, 0.6) is 0 Å². The molecule has 0 aromatic heterocycles. The average molecular weight is 1130 g/mol. The zero-order chi connectivity index (χ0) is 58.4. The van der Waals surface area contributed by atoms with E-state index in [4.69, 9.17) is 18.5 Å². The van der Waals surface area contributed by atoms with Crippen molar-refractivity contribution in [2.24, 2.45) is 0 Å². The highest BCUT2D eigenvalue weighted by Gasteiger charge is 2.27. The van der Waals surface area contributed by atoms with E-state index in [1.165, 1.54) is 77.0 Å². The van der Waals surface area contributed by atoms with Crippen LogP contribution in [-0.2, 0) is 32.7 Å². The van der Waals surface area contributed by atoms with Crippen molar-refractivity contribution in [1.82, 2.24) is 0 Å². The number of likely N-dealkylation sites (N-methyl/N-ethyl adjacent to an activating group) is 1. The van der Waals surface area contributed by atoms with Gasteiger partial charge in [0.15, 0.2) is 6.10 Å². The topological polar surface area (TPSA) is 108 Å². The normalized spacial score (nSPS) is 14.2. The molecule has 0 spiro atoms. The molecule has 9 nitrogen and oxygen atoms in total. The van der Waals surface area contributed by atoms with Gasteiger partial charge in [-0.1, -0.05) is 243 Å². The number of quaternary nitrogens is 1. The van der Waals surface area contributed by atoms with Gasteiger partial charge in [0.25, 0.3) is 0 Å². The van der Waals surface area contributed by atoms with Gasteiger partial charge in [-0.25, -0.2) is 4.57 Å². The lowest BCUT2D eigenvalue weighted by Crippen LogP contribution is -2.37. The summed E-state index contributed by atoms with van der Waals surface area (Å²) in [6.45, 7) is 4.25. The van der Waals surface area contributed by atoms with Crippen molar-refractivity contribution in [1.29, 1.82) is 0 Å². The molecular formula is C70H117NO8P+. The van der Waals surface area contributed by atoms with E-state index in [2.05, 4.69) is 160 Å². The molecule has 0 radical (unpaired) electrons. The maximum Gasteiger partial charge on any atom is 0.472 e. The predicted octanol–water partition coefficient (Wildman–Crippen LogP) is 20.3. The number of nitrogens with zero attached hydrogens (tertiary/aromatic N) is 1. The van der Waals surface area contributed by atoms with E-state index < -0.39 is 26.5 Å². The van der Waals surface area contributed by atoms with E-state index in [1.807, 2.05) is 21.1 Å². The molecule has 0 aliphatic rings. The highest BCUT2D eigenvalue weighted by Crippen LogP contribution is 2.43. The van der Waals surface area contributed by atoms with Crippen LogP contribution in [0.2, 0.25) is 0 Å². The number of phosphoric ester groups is 1. The summed E-state index contributed by atoms with van der Waals surface area (Å²) in [5.74, 6) is -0.850. The standard InChI is InChI=1S/C70H116NO8P/c1-6-8-10-12-14-16-18-20-22-24-26-28-30-32-33-34-35-36-37-39-41-43-45-47-49-51-53-55-57-59-61-63-70(73)79-68(67-78-80(74,75)77-65-64-71(3,4)5)66-76-69(72)62-60-58-56-54-52-50-48-46-44-42-40-38-31-29-27-25-23-21-19-17-15-13-11-9-7-2/h8,10,14,16,19-22,25-28,31-33,35-36,38-39,41,45,47,51,53,68H,6-7,9,11-13,15,17-18,23-24,29-30,34,37,40,42-44,46,48-50,52,54-67H2,1-5H3/p+1/b10-8-,16-14-,21-19-,22-20-,27-25-,28-26-,33-32-,36-35-,38-31-,41-39-,47-45-,53-51-. The summed E-state index contributed by atoms with van der Waals surface area (Å²) >= 11 is 0. The third-order valence-corrected chi connectivity index (χ3v) is 13.8. The van der Waals surface area contributed by atoms with Crippen LogP contribution in [0.1, 0.15) is 232 Å². The Morgan fingerprint density at radius 3 is 1.07 bits per heavy atom. The maximum atomic E-state index is 12.8. The molecule has 2 unspecified atom stereocenters. The van der Waals surface area contributed by atoms with Crippen LogP contribution in [0.15, 0.2) is 146 Å². The summed E-state index contributed by atoms with van der Waals surface area (Å²) in [5.41, 5.74) is 0. The van der Waals surface area contributed by atoms with Gasteiger partial charge >= 0.3 is 19.8 Å². The third kappa shape index (κ3) is 63.1. The van der Waals surface area contributed by atoms with Gasteiger partial charge < -0.3 is 18.9 Å². The number of ether oxygens (including phenoxy) is 2. The first-order chi connectivity index (χ1) is 39.0. The van der Waals surface area contributed by atoms with Gasteiger partial charge in [-0.05, 0) is 122 Å². The van der Waals surface area contributed by atoms with Crippen LogP contribution in [0, 0.1) is 0 Å². The zero-order valence-corrected chi connectivity index (χ0v) is 52.4. The maximum absolute atomic E-state index is 12.8. The number of allylic oxidation sites excluding steroid dienone is 24. The van der Waals surface area contributed by atoms with Crippen LogP contribution < -0.4 is 0 Å². The minimum atomic E-state index is -4.41. The van der Waals surface area contributed by atoms with Gasteiger partial charge in [0.1, 0.15) is 19.8 Å². The van der Waals surface area contributed by atoms with E-state index in [9.17, 15) is 19.0 Å². The Morgan fingerprint density at radius 1 is 0.400 bits per heavy atom. The molecule has 454 valence electrons. The molecule has 0 saturated carbocycles. The molecule has 0 aliphatic heterocycles. The van der Waals surface area contributed by atoms with Crippen LogP contribution in [-0.4, -0.2) is 74.9 Å². The second kappa shape index (κ2) is 59.5. The predicted molar refractivity (Wildman–Crippen MR) is 343 cm³/mol. The minimum Gasteiger partial charge on any atom is -0.462 e. The monoisotopic (exact) mass is 1130 g/mol. The molecule has 10 heteroatoms. The molecular weight excluding hydrogens is 1010 g/mol. The zero-order valence-electron chi connectivity index (χ0n) is 51.5. The van der Waals surface area contributed by atoms with Crippen molar-refractivity contribution in [2.45, 2.75) is 238 Å². The van der Waals surface area contributed by atoms with Gasteiger partial charge in [0.2, 0.25) is 0 Å². The van der Waals surface area contributed by atoms with Crippen molar-refractivity contribution in [3.05, 3.63) is 146 Å². The lowest BCUT2D eigenvalue weighted by Gasteiger charge is -2.24. The highest BCUT2D eigenvalue weighted by atomic mass is 31.2. The molecule has 0 aromatic carbocycles. The summed E-state index contributed by atoms with van der Waals surface area (Å²) < 4.78 is 34.6. The Labute approximate surface area is 491 Å². The van der Waals surface area contributed by atoms with Crippen LogP contribution in [0.25, 0.3) is 0 Å². The molecule has 0 rings (SSSR count). The van der Waals surface area contributed by atoms with E-state index in [-0.39, 0.29) is 32.0 Å². The molecule has 0 aliphatic carbocycles. The second-order valence-electron chi connectivity index (χ2n) is 21.7. The van der Waals surface area contributed by atoms with Crippen LogP contribution >= 0.6 is 7.82 Å². The average Bonchev–Trinajstić information content (AvgIpc) is 3.42. The molecule has 1 N–H and O–H groups in total. The molecule has 0 fully saturated rings. The van der Waals surface area contributed by atoms with Crippen molar-refractivity contribution in [2.75, 3.05) is 47.5 Å². The van der Waals surface area contributed by atoms with Gasteiger partial charge in [0, 0.05) is 12.8 Å². The van der Waals surface area contributed by atoms with Crippen molar-refractivity contribution >= 4 is 19.8 Å². The Hall–Kier alpha value is -4.11. The first-order valence-corrected chi connectivity index (χ1v) is 33.1. The fraction of sp³-hybridized carbons (Fsp3) is 0.629. The summed E-state index contributed by atoms with van der Waals surface area (Å²) in [6, 6.07) is 0. The van der Waals surface area contributed by atoms with Crippen molar-refractivity contribution < 1.29 is 42.1 Å². The summed E-state index contributed by atoms with van der Waals surface area (Å²) in [6.07, 6.45) is 87.8. The number of hydrogen-bond acceptors (Lipinski definition) is 7. The van der Waals surface area contributed by atoms with Crippen molar-refractivity contribution in [3.8, 4) is 0 Å². The number of phosphoric acid groups is 1. The Balaban J connectivity index is 4.27. The fourth-order valence-electron chi connectivity index (χ4n) is 8.01. The van der Waals surface area contributed by atoms with Crippen LogP contribution in [0.3, 0.4) is 0 Å². The Kier molecular flexibility index (Phi) is 56.5. The largest absolute Gasteiger partial charge is 0.472 e. The SMILES string of the molecule is CC/C=C\C/C=C\C/C=C\C/C=C\C/C=C\C/C=C\C/C=C\C/C=C\C/C=C\CCCCCC(=O)OC(COC(=O)CCCCCCCCCCCC/C=C\C/C=C\C/C=C\CCCCCCC)COP(=O)(O)OCC[N+](C)(C)C. The quantitative estimate of drug-likeness (QED) is 0.0211. The number of unbranched alkanes of at least 4 members (excludes halogenated alkanes) is 18. The van der Waals surface area contributed by atoms with E-state index in [0.29, 0.717) is 17.4 Å². The number of carbonyl (C=O) groups excluding carboxylic acids is 2. The van der Waals surface area contributed by atoms with Crippen molar-refractivity contribution in [3.63, 3.8) is 0 Å². The van der Waals surface area contributed by atoms with Gasteiger partial charge in [-0.15, -0.1) is 0 Å². The molecule has 0 heterocycles. The third-order valence-electron chi connectivity index (χ3n) is 12.9. The molecule has 0 aromatic rings. The van der Waals surface area contributed by atoms with Gasteiger partial charge in [-0.2, -0.15) is 0 Å². The number of rotatable bonds is 56. The summed E-state index contributed by atoms with van der Waals surface area (Å²) in [7, 11) is 1.43. The number of esters is 2. The first kappa shape index (κ1) is 75.9. The second-order valence-corrected chi connectivity index (χ2v) is 23.2. The van der Waals surface area contributed by atoms with E-state index in [0.717, 1.165) is 122 Å². The smallest absolute Gasteiger partial charge is 0.462 e. The molecule has 0 amide bonds. The van der Waals surface area contributed by atoms with Gasteiger partial charge in [-0.3, -0.25) is 18.6 Å². The number of hydrogen-bond donors (Lipinski definition) is 1. The Bertz CT molecular complexity index is 1860. The lowest BCUT2D eigenvalue weighted by atomic mass is 10.1. The lowest BCUT2D eigenvalue weighted by molar-refractivity contribution is -0.870. The first-order valence-electron chi connectivity index (χ1n) is 31.6. The fourth-order valence-corrected chi connectivity index (χ4v) is 8.76. The molecule has 0 bridgehead atoms.